The second-order valence-corrected chi connectivity index (χ2v) is 10.2. The molecule has 2 heterocycles. The Morgan fingerprint density at radius 1 is 1.11 bits per heavy atom. The van der Waals surface area contributed by atoms with Gasteiger partial charge < -0.3 is 0 Å². The first-order valence-electron chi connectivity index (χ1n) is 8.80. The Morgan fingerprint density at radius 2 is 1.78 bits per heavy atom. The first kappa shape index (κ1) is 20.3. The van der Waals surface area contributed by atoms with Crippen molar-refractivity contribution in [3.05, 3.63) is 53.2 Å². The van der Waals surface area contributed by atoms with Crippen molar-refractivity contribution in [3.63, 3.8) is 0 Å². The normalized spacial score (nSPS) is 16.8. The topological polar surface area (TPSA) is 67.3 Å². The number of thioether (sulfide) groups is 1. The minimum Gasteiger partial charge on any atom is -0.293 e. The van der Waals surface area contributed by atoms with E-state index < -0.39 is 10.0 Å². The first-order chi connectivity index (χ1) is 12.9. The van der Waals surface area contributed by atoms with Crippen LogP contribution in [-0.2, 0) is 10.0 Å². The van der Waals surface area contributed by atoms with Gasteiger partial charge in [-0.05, 0) is 56.2 Å². The van der Waals surface area contributed by atoms with Crippen LogP contribution >= 0.6 is 23.4 Å². The zero-order valence-corrected chi connectivity index (χ0v) is 17.4. The Kier molecular flexibility index (Phi) is 6.57. The highest BCUT2D eigenvalue weighted by Crippen LogP contribution is 2.26. The number of hydrogen-bond donors (Lipinski definition) is 0. The molecular formula is C19H21ClN2O3S2. The van der Waals surface area contributed by atoms with E-state index in [-0.39, 0.29) is 15.9 Å². The quantitative estimate of drug-likeness (QED) is 0.511. The molecule has 5 nitrogen and oxygen atoms in total. The summed E-state index contributed by atoms with van der Waals surface area (Å²) < 4.78 is 26.8. The number of hydrogen-bond acceptors (Lipinski definition) is 5. The molecule has 1 aliphatic heterocycles. The van der Waals surface area contributed by atoms with Crippen molar-refractivity contribution < 1.29 is 13.2 Å². The number of pyridine rings is 1. The van der Waals surface area contributed by atoms with Gasteiger partial charge in [0.05, 0.1) is 10.3 Å². The van der Waals surface area contributed by atoms with E-state index in [4.69, 9.17) is 11.6 Å². The number of carbonyl (C=O) groups is 1. The monoisotopic (exact) mass is 424 g/mol. The SMILES string of the molecule is CC(Sc1ccc(S(=O)(=O)N2CCCCC2)cn1)C(=O)c1ccc(Cl)cc1. The molecule has 0 bridgehead atoms. The largest absolute Gasteiger partial charge is 0.293 e. The number of piperidine rings is 1. The van der Waals surface area contributed by atoms with Crippen LogP contribution in [0.1, 0.15) is 36.5 Å². The lowest BCUT2D eigenvalue weighted by Crippen LogP contribution is -2.35. The predicted octanol–water partition coefficient (Wildman–Crippen LogP) is 4.27. The van der Waals surface area contributed by atoms with Gasteiger partial charge in [-0.25, -0.2) is 13.4 Å². The molecule has 1 atom stereocenters. The van der Waals surface area contributed by atoms with Gasteiger partial charge in [0.15, 0.2) is 5.78 Å². The van der Waals surface area contributed by atoms with Crippen LogP contribution in [0.15, 0.2) is 52.5 Å². The Hall–Kier alpha value is -1.41. The van der Waals surface area contributed by atoms with Crippen LogP contribution in [0, 0.1) is 0 Å². The standard InChI is InChI=1S/C19H21ClN2O3S2/c1-14(19(23)15-5-7-16(20)8-6-15)26-18-10-9-17(13-21-18)27(24,25)22-11-3-2-4-12-22/h5-10,13-14H,2-4,11-12H2,1H3. The average molecular weight is 425 g/mol. The summed E-state index contributed by atoms with van der Waals surface area (Å²) in [6.45, 7) is 2.93. The zero-order valence-electron chi connectivity index (χ0n) is 15.0. The Bertz CT molecular complexity index is 894. The van der Waals surface area contributed by atoms with Crippen LogP contribution in [0.4, 0.5) is 0 Å². The maximum atomic E-state index is 12.7. The third-order valence-corrected chi connectivity index (χ3v) is 7.64. The molecule has 1 aromatic carbocycles. The van der Waals surface area contributed by atoms with Gasteiger partial charge in [0.1, 0.15) is 4.90 Å². The van der Waals surface area contributed by atoms with E-state index in [9.17, 15) is 13.2 Å². The van der Waals surface area contributed by atoms with Gasteiger partial charge in [-0.1, -0.05) is 29.8 Å². The molecule has 0 spiro atoms. The van der Waals surface area contributed by atoms with Crippen molar-refractivity contribution in [1.82, 2.24) is 9.29 Å². The van der Waals surface area contributed by atoms with Crippen molar-refractivity contribution >= 4 is 39.2 Å². The second-order valence-electron chi connectivity index (χ2n) is 6.43. The van der Waals surface area contributed by atoms with E-state index in [1.54, 1.807) is 36.4 Å². The van der Waals surface area contributed by atoms with Crippen LogP contribution in [0.5, 0.6) is 0 Å². The van der Waals surface area contributed by atoms with Crippen molar-refractivity contribution in [2.45, 2.75) is 41.4 Å². The van der Waals surface area contributed by atoms with E-state index in [0.717, 1.165) is 19.3 Å². The van der Waals surface area contributed by atoms with Crippen LogP contribution in [0.2, 0.25) is 5.02 Å². The number of aromatic nitrogens is 1. The maximum absolute atomic E-state index is 12.7. The maximum Gasteiger partial charge on any atom is 0.244 e. The van der Waals surface area contributed by atoms with Crippen LogP contribution in [-0.4, -0.2) is 41.8 Å². The highest BCUT2D eigenvalue weighted by atomic mass is 35.5. The van der Waals surface area contributed by atoms with E-state index in [1.165, 1.54) is 22.3 Å². The molecule has 3 rings (SSSR count). The smallest absolute Gasteiger partial charge is 0.244 e. The molecule has 0 amide bonds. The van der Waals surface area contributed by atoms with E-state index in [0.29, 0.717) is 28.7 Å². The van der Waals surface area contributed by atoms with Gasteiger partial charge in [0, 0.05) is 29.9 Å². The lowest BCUT2D eigenvalue weighted by Gasteiger charge is -2.25. The Balaban J connectivity index is 1.68. The van der Waals surface area contributed by atoms with Gasteiger partial charge >= 0.3 is 0 Å². The first-order valence-corrected chi connectivity index (χ1v) is 11.5. The van der Waals surface area contributed by atoms with Gasteiger partial charge in [0.2, 0.25) is 10.0 Å². The minimum absolute atomic E-state index is 0.0246. The number of Topliss-reactive ketones (excluding diaryl/α,β-unsaturated/α-hetero) is 1. The fourth-order valence-corrected chi connectivity index (χ4v) is 5.38. The van der Waals surface area contributed by atoms with E-state index in [1.807, 2.05) is 6.92 Å². The molecule has 0 N–H and O–H groups in total. The molecule has 0 saturated carbocycles. The predicted molar refractivity (Wildman–Crippen MR) is 108 cm³/mol. The third-order valence-electron chi connectivity index (χ3n) is 4.46. The third kappa shape index (κ3) is 4.90. The summed E-state index contributed by atoms with van der Waals surface area (Å²) in [7, 11) is -3.49. The Labute approximate surface area is 169 Å². The highest BCUT2D eigenvalue weighted by molar-refractivity contribution is 8.00. The number of nitrogens with zero attached hydrogens (tertiary/aromatic N) is 2. The summed E-state index contributed by atoms with van der Waals surface area (Å²) in [5.74, 6) is -0.0246. The van der Waals surface area contributed by atoms with Gasteiger partial charge in [0.25, 0.3) is 0 Å². The van der Waals surface area contributed by atoms with Crippen LogP contribution in [0.25, 0.3) is 0 Å². The molecule has 144 valence electrons. The van der Waals surface area contributed by atoms with Crippen molar-refractivity contribution in [3.8, 4) is 0 Å². The molecule has 1 aliphatic rings. The van der Waals surface area contributed by atoms with Crippen molar-refractivity contribution in [2.24, 2.45) is 0 Å². The molecule has 8 heteroatoms. The number of sulfonamides is 1. The van der Waals surface area contributed by atoms with Gasteiger partial charge in [-0.15, -0.1) is 0 Å². The summed E-state index contributed by atoms with van der Waals surface area (Å²) in [6, 6.07) is 9.99. The molecule has 1 fully saturated rings. The number of benzene rings is 1. The summed E-state index contributed by atoms with van der Waals surface area (Å²) in [6.07, 6.45) is 4.24. The number of halogens is 1. The van der Waals surface area contributed by atoms with Crippen molar-refractivity contribution in [2.75, 3.05) is 13.1 Å². The molecular weight excluding hydrogens is 404 g/mol. The highest BCUT2D eigenvalue weighted by Gasteiger charge is 2.26. The van der Waals surface area contributed by atoms with Crippen LogP contribution in [0.3, 0.4) is 0 Å². The van der Waals surface area contributed by atoms with Gasteiger partial charge in [-0.3, -0.25) is 4.79 Å². The molecule has 1 saturated heterocycles. The van der Waals surface area contributed by atoms with E-state index in [2.05, 4.69) is 4.98 Å². The molecule has 27 heavy (non-hydrogen) atoms. The summed E-state index contributed by atoms with van der Waals surface area (Å²) in [5.41, 5.74) is 0.587. The molecule has 0 radical (unpaired) electrons. The summed E-state index contributed by atoms with van der Waals surface area (Å²) >= 11 is 7.16. The number of carbonyl (C=O) groups excluding carboxylic acids is 1. The lowest BCUT2D eigenvalue weighted by molar-refractivity contribution is 0.0994. The van der Waals surface area contributed by atoms with E-state index >= 15 is 0 Å². The molecule has 1 unspecified atom stereocenters. The second kappa shape index (κ2) is 8.73. The van der Waals surface area contributed by atoms with Crippen LogP contribution < -0.4 is 0 Å². The summed E-state index contributed by atoms with van der Waals surface area (Å²) in [5, 5.41) is 0.852. The molecule has 2 aromatic rings. The van der Waals surface area contributed by atoms with Crippen molar-refractivity contribution in [1.29, 1.82) is 0 Å². The van der Waals surface area contributed by atoms with Gasteiger partial charge in [-0.2, -0.15) is 4.31 Å². The number of ketones is 1. The molecule has 0 aliphatic carbocycles. The molecule has 1 aromatic heterocycles. The average Bonchev–Trinajstić information content (AvgIpc) is 2.69. The lowest BCUT2D eigenvalue weighted by atomic mass is 10.1. The Morgan fingerprint density at radius 3 is 2.37 bits per heavy atom. The zero-order chi connectivity index (χ0) is 19.4. The fraction of sp³-hybridized carbons (Fsp3) is 0.368. The summed E-state index contributed by atoms with van der Waals surface area (Å²) in [4.78, 5) is 17.0. The fourth-order valence-electron chi connectivity index (χ4n) is 2.93. The number of rotatable bonds is 6. The minimum atomic E-state index is -3.49.